The summed E-state index contributed by atoms with van der Waals surface area (Å²) in [6.07, 6.45) is 7.18. The first kappa shape index (κ1) is 22.1. The lowest BCUT2D eigenvalue weighted by atomic mass is 10.1. The lowest BCUT2D eigenvalue weighted by Gasteiger charge is -2.22. The van der Waals surface area contributed by atoms with Crippen molar-refractivity contribution in [2.75, 3.05) is 32.6 Å². The normalized spacial score (nSPS) is 17.6. The molecule has 0 radical (unpaired) electrons. The zero-order valence-electron chi connectivity index (χ0n) is 18.5. The van der Waals surface area contributed by atoms with Gasteiger partial charge in [0.15, 0.2) is 5.69 Å². The first-order chi connectivity index (χ1) is 16.0. The fourth-order valence-electron chi connectivity index (χ4n) is 4.25. The van der Waals surface area contributed by atoms with E-state index in [4.69, 9.17) is 10.5 Å². The summed E-state index contributed by atoms with van der Waals surface area (Å²) in [7, 11) is 3.29. The maximum Gasteiger partial charge on any atom is 0.255 e. The van der Waals surface area contributed by atoms with Crippen molar-refractivity contribution in [3.05, 3.63) is 60.3 Å². The molecular formula is C23H25N7O3. The number of hydrogen-bond donors (Lipinski definition) is 2. The molecule has 170 valence electrons. The Labute approximate surface area is 191 Å². The van der Waals surface area contributed by atoms with Crippen molar-refractivity contribution in [2.45, 2.75) is 18.5 Å². The number of pyridine rings is 1. The van der Waals surface area contributed by atoms with E-state index in [2.05, 4.69) is 33.8 Å². The Hall–Kier alpha value is -4.10. The zero-order valence-corrected chi connectivity index (χ0v) is 18.5. The van der Waals surface area contributed by atoms with E-state index < -0.39 is 5.91 Å². The summed E-state index contributed by atoms with van der Waals surface area (Å²) in [5.74, 6) is 5.74. The smallest absolute Gasteiger partial charge is 0.255 e. The minimum absolute atomic E-state index is 0.134. The van der Waals surface area contributed by atoms with Gasteiger partial charge in [-0.1, -0.05) is 12.5 Å². The Kier molecular flexibility index (Phi) is 6.15. The highest BCUT2D eigenvalue weighted by Gasteiger charge is 2.37. The molecule has 0 bridgehead atoms. The minimum Gasteiger partial charge on any atom is -0.383 e. The van der Waals surface area contributed by atoms with E-state index in [1.807, 2.05) is 22.7 Å². The molecular weight excluding hydrogens is 422 g/mol. The van der Waals surface area contributed by atoms with Crippen LogP contribution in [0.15, 0.2) is 43.5 Å². The molecule has 1 fully saturated rings. The summed E-state index contributed by atoms with van der Waals surface area (Å²) < 4.78 is 8.85. The number of aromatic nitrogens is 4. The zero-order chi connectivity index (χ0) is 23.5. The Morgan fingerprint density at radius 1 is 1.42 bits per heavy atom. The van der Waals surface area contributed by atoms with Crippen LogP contribution in [0.5, 0.6) is 0 Å². The summed E-state index contributed by atoms with van der Waals surface area (Å²) in [6, 6.07) is 3.41. The number of hydrogen-bond acceptors (Lipinski definition) is 6. The van der Waals surface area contributed by atoms with Crippen LogP contribution in [-0.2, 0) is 9.53 Å². The number of nitrogens with one attached hydrogen (secondary N) is 1. The first-order valence-corrected chi connectivity index (χ1v) is 10.4. The van der Waals surface area contributed by atoms with Gasteiger partial charge in [0, 0.05) is 26.9 Å². The van der Waals surface area contributed by atoms with Gasteiger partial charge < -0.3 is 25.1 Å². The number of carbonyl (C=O) groups excluding carboxylic acids is 2. The standard InChI is InChI=1S/C23H25N7O3/c1-4-20(31)29-12-16(10-17(29)13-33-3)30-23(25-2)21(22(24)32)18(27-30)8-7-15-6-5-9-28-14-26-11-19(15)28/h4-6,9,11,14,16-17,25H,1,10,12-13H2,2-3H3,(H2,24,32)/t16-,17+/m0/s1. The number of nitrogens with two attached hydrogens (primary N) is 1. The second-order valence-corrected chi connectivity index (χ2v) is 7.68. The van der Waals surface area contributed by atoms with Crippen molar-refractivity contribution in [1.82, 2.24) is 24.1 Å². The number of fused-ring (bicyclic) bond motifs is 1. The molecule has 3 N–H and O–H groups in total. The molecule has 0 unspecified atom stereocenters. The Morgan fingerprint density at radius 2 is 2.24 bits per heavy atom. The van der Waals surface area contributed by atoms with Crippen LogP contribution < -0.4 is 11.1 Å². The average molecular weight is 447 g/mol. The van der Waals surface area contributed by atoms with Crippen molar-refractivity contribution in [2.24, 2.45) is 5.73 Å². The SMILES string of the molecule is C=CC(=O)N1C[C@@H](n2nc(C#Cc3cccn4cncc34)c(C(N)=O)c2NC)C[C@@H]1COC. The van der Waals surface area contributed by atoms with Gasteiger partial charge in [-0.05, 0) is 30.6 Å². The van der Waals surface area contributed by atoms with Crippen LogP contribution in [0.1, 0.15) is 34.1 Å². The van der Waals surface area contributed by atoms with E-state index in [1.165, 1.54) is 6.08 Å². The third-order valence-electron chi connectivity index (χ3n) is 5.72. The highest BCUT2D eigenvalue weighted by Crippen LogP contribution is 2.32. The molecule has 2 amide bonds. The van der Waals surface area contributed by atoms with Gasteiger partial charge in [0.05, 0.1) is 42.3 Å². The van der Waals surface area contributed by atoms with Gasteiger partial charge in [0.1, 0.15) is 11.4 Å². The summed E-state index contributed by atoms with van der Waals surface area (Å²) in [5, 5.41) is 7.67. The monoisotopic (exact) mass is 447 g/mol. The van der Waals surface area contributed by atoms with Gasteiger partial charge in [-0.2, -0.15) is 5.10 Å². The minimum atomic E-state index is -0.636. The van der Waals surface area contributed by atoms with Crippen molar-refractivity contribution in [3.8, 4) is 11.8 Å². The second kappa shape index (κ2) is 9.18. The fourth-order valence-corrected chi connectivity index (χ4v) is 4.25. The molecule has 1 saturated heterocycles. The second-order valence-electron chi connectivity index (χ2n) is 7.68. The molecule has 0 saturated carbocycles. The van der Waals surface area contributed by atoms with Crippen LogP contribution in [0, 0.1) is 11.8 Å². The van der Waals surface area contributed by atoms with Gasteiger partial charge in [0.2, 0.25) is 5.91 Å². The molecule has 4 rings (SSSR count). The van der Waals surface area contributed by atoms with Crippen molar-refractivity contribution < 1.29 is 14.3 Å². The molecule has 1 aliphatic rings. The molecule has 10 heteroatoms. The maximum absolute atomic E-state index is 12.4. The molecule has 0 spiro atoms. The number of anilines is 1. The number of primary amides is 1. The molecule has 10 nitrogen and oxygen atoms in total. The van der Waals surface area contributed by atoms with Crippen molar-refractivity contribution in [3.63, 3.8) is 0 Å². The predicted octanol–water partition coefficient (Wildman–Crippen LogP) is 1.05. The third-order valence-corrected chi connectivity index (χ3v) is 5.72. The Balaban J connectivity index is 1.75. The van der Waals surface area contributed by atoms with E-state index in [0.717, 1.165) is 11.1 Å². The lowest BCUT2D eigenvalue weighted by molar-refractivity contribution is -0.127. The van der Waals surface area contributed by atoms with E-state index in [-0.39, 0.29) is 29.2 Å². The third kappa shape index (κ3) is 4.06. The first-order valence-electron chi connectivity index (χ1n) is 10.4. The van der Waals surface area contributed by atoms with Crippen LogP contribution in [0.25, 0.3) is 5.52 Å². The van der Waals surface area contributed by atoms with E-state index in [1.54, 1.807) is 36.3 Å². The molecule has 0 aromatic carbocycles. The molecule has 33 heavy (non-hydrogen) atoms. The lowest BCUT2D eigenvalue weighted by Crippen LogP contribution is -2.37. The highest BCUT2D eigenvalue weighted by molar-refractivity contribution is 6.00. The molecule has 4 heterocycles. The summed E-state index contributed by atoms with van der Waals surface area (Å²) in [4.78, 5) is 30.6. The fraction of sp³-hybridized carbons (Fsp3) is 0.304. The average Bonchev–Trinajstić information content (AvgIpc) is 3.53. The van der Waals surface area contributed by atoms with Crippen molar-refractivity contribution >= 4 is 23.1 Å². The number of likely N-dealkylation sites (tertiary alicyclic amines) is 1. The highest BCUT2D eigenvalue weighted by atomic mass is 16.5. The summed E-state index contributed by atoms with van der Waals surface area (Å²) in [6.45, 7) is 4.38. The van der Waals surface area contributed by atoms with Crippen LogP contribution in [-0.4, -0.2) is 69.2 Å². The van der Waals surface area contributed by atoms with Gasteiger partial charge in [-0.25, -0.2) is 9.67 Å². The molecule has 1 aliphatic heterocycles. The quantitative estimate of drug-likeness (QED) is 0.431. The predicted molar refractivity (Wildman–Crippen MR) is 123 cm³/mol. The number of carbonyl (C=O) groups is 2. The van der Waals surface area contributed by atoms with Crippen LogP contribution in [0.2, 0.25) is 0 Å². The van der Waals surface area contributed by atoms with E-state index in [9.17, 15) is 9.59 Å². The van der Waals surface area contributed by atoms with Gasteiger partial charge >= 0.3 is 0 Å². The van der Waals surface area contributed by atoms with Gasteiger partial charge in [0.25, 0.3) is 5.91 Å². The number of nitrogens with zero attached hydrogens (tertiary/aromatic N) is 5. The molecule has 3 aromatic heterocycles. The van der Waals surface area contributed by atoms with E-state index >= 15 is 0 Å². The number of methoxy groups -OCH3 is 1. The van der Waals surface area contributed by atoms with Crippen LogP contribution in [0.4, 0.5) is 5.82 Å². The van der Waals surface area contributed by atoms with Crippen molar-refractivity contribution in [1.29, 1.82) is 0 Å². The number of ether oxygens (including phenoxy) is 1. The number of amides is 2. The molecule has 2 atom stereocenters. The maximum atomic E-state index is 12.4. The topological polar surface area (TPSA) is 120 Å². The Morgan fingerprint density at radius 3 is 2.94 bits per heavy atom. The largest absolute Gasteiger partial charge is 0.383 e. The molecule has 3 aromatic rings. The van der Waals surface area contributed by atoms with Gasteiger partial charge in [-0.15, -0.1) is 0 Å². The summed E-state index contributed by atoms with van der Waals surface area (Å²) >= 11 is 0. The number of imidazole rings is 1. The summed E-state index contributed by atoms with van der Waals surface area (Å²) in [5.41, 5.74) is 7.77. The number of rotatable bonds is 6. The van der Waals surface area contributed by atoms with Crippen LogP contribution in [0.3, 0.4) is 0 Å². The van der Waals surface area contributed by atoms with E-state index in [0.29, 0.717) is 25.4 Å². The van der Waals surface area contributed by atoms with Crippen LogP contribution >= 0.6 is 0 Å². The molecule has 0 aliphatic carbocycles. The van der Waals surface area contributed by atoms with Gasteiger partial charge in [-0.3, -0.25) is 9.59 Å². The Bertz CT molecular complexity index is 1280.